The van der Waals surface area contributed by atoms with Crippen molar-refractivity contribution < 1.29 is 14.3 Å². The lowest BCUT2D eigenvalue weighted by Crippen LogP contribution is -2.39. The van der Waals surface area contributed by atoms with Gasteiger partial charge in [-0.25, -0.2) is 4.79 Å². The van der Waals surface area contributed by atoms with Crippen molar-refractivity contribution in [1.82, 2.24) is 5.32 Å². The minimum atomic E-state index is -0.551. The molecule has 1 aromatic rings. The fourth-order valence-corrected chi connectivity index (χ4v) is 1.80. The number of ether oxygens (including phenoxy) is 2. The molecule has 1 N–H and O–H groups in total. The van der Waals surface area contributed by atoms with Gasteiger partial charge in [0.05, 0.1) is 19.1 Å². The molecule has 1 amide bonds. The summed E-state index contributed by atoms with van der Waals surface area (Å²) >= 11 is 0. The van der Waals surface area contributed by atoms with Crippen LogP contribution in [0.4, 0.5) is 4.79 Å². The molecule has 0 saturated carbocycles. The van der Waals surface area contributed by atoms with Crippen molar-refractivity contribution >= 4 is 6.09 Å². The Morgan fingerprint density at radius 3 is 2.59 bits per heavy atom. The van der Waals surface area contributed by atoms with Crippen LogP contribution in [0.1, 0.15) is 39.2 Å². The van der Waals surface area contributed by atoms with Crippen molar-refractivity contribution in [3.8, 4) is 6.07 Å². The van der Waals surface area contributed by atoms with Gasteiger partial charge in [-0.1, -0.05) is 30.3 Å². The maximum absolute atomic E-state index is 11.7. The van der Waals surface area contributed by atoms with Gasteiger partial charge >= 0.3 is 6.09 Å². The summed E-state index contributed by atoms with van der Waals surface area (Å²) in [5, 5.41) is 11.5. The molecule has 0 unspecified atom stereocenters. The van der Waals surface area contributed by atoms with E-state index < -0.39 is 11.7 Å². The molecule has 22 heavy (non-hydrogen) atoms. The molecule has 1 aromatic carbocycles. The average Bonchev–Trinajstić information content (AvgIpc) is 2.42. The second-order valence-corrected chi connectivity index (χ2v) is 6.03. The molecule has 0 saturated heterocycles. The minimum absolute atomic E-state index is 0.230. The van der Waals surface area contributed by atoms with Gasteiger partial charge in [0.15, 0.2) is 0 Å². The van der Waals surface area contributed by atoms with Crippen molar-refractivity contribution in [2.75, 3.05) is 6.61 Å². The van der Waals surface area contributed by atoms with Crippen molar-refractivity contribution in [3.05, 3.63) is 35.9 Å². The monoisotopic (exact) mass is 304 g/mol. The minimum Gasteiger partial charge on any atom is -0.444 e. The van der Waals surface area contributed by atoms with E-state index in [2.05, 4.69) is 11.4 Å². The summed E-state index contributed by atoms with van der Waals surface area (Å²) in [5.74, 6) is 0. The highest BCUT2D eigenvalue weighted by Gasteiger charge is 2.19. The van der Waals surface area contributed by atoms with Crippen molar-refractivity contribution in [2.24, 2.45) is 0 Å². The number of nitriles is 1. The Morgan fingerprint density at radius 1 is 1.32 bits per heavy atom. The molecule has 0 fully saturated rings. The van der Waals surface area contributed by atoms with E-state index >= 15 is 0 Å². The predicted molar refractivity (Wildman–Crippen MR) is 84.1 cm³/mol. The Labute approximate surface area is 132 Å². The van der Waals surface area contributed by atoms with Gasteiger partial charge in [0.1, 0.15) is 5.60 Å². The summed E-state index contributed by atoms with van der Waals surface area (Å²) in [6.07, 6.45) is 0.295. The van der Waals surface area contributed by atoms with Gasteiger partial charge in [-0.15, -0.1) is 0 Å². The third kappa shape index (κ3) is 8.28. The number of rotatable bonds is 7. The molecule has 0 spiro atoms. The summed E-state index contributed by atoms with van der Waals surface area (Å²) in [7, 11) is 0. The molecule has 0 aliphatic heterocycles. The van der Waals surface area contributed by atoms with Crippen molar-refractivity contribution in [2.45, 2.75) is 51.9 Å². The Kier molecular flexibility index (Phi) is 7.41. The van der Waals surface area contributed by atoms with Crippen LogP contribution in [-0.4, -0.2) is 24.3 Å². The van der Waals surface area contributed by atoms with Crippen LogP contribution in [0.25, 0.3) is 0 Å². The topological polar surface area (TPSA) is 71.3 Å². The Bertz CT molecular complexity index is 489. The SMILES string of the molecule is CC(C)(C)OC(=O)N[C@H](CC#N)CCOCc1ccccc1. The number of nitrogens with zero attached hydrogens (tertiary/aromatic N) is 1. The summed E-state index contributed by atoms with van der Waals surface area (Å²) in [6, 6.07) is 11.7. The summed E-state index contributed by atoms with van der Waals surface area (Å²) in [5.41, 5.74) is 0.546. The highest BCUT2D eigenvalue weighted by molar-refractivity contribution is 5.68. The molecule has 1 atom stereocenters. The highest BCUT2D eigenvalue weighted by atomic mass is 16.6. The van der Waals surface area contributed by atoms with Gasteiger partial charge in [0, 0.05) is 12.6 Å². The highest BCUT2D eigenvalue weighted by Crippen LogP contribution is 2.08. The van der Waals surface area contributed by atoms with Crippen molar-refractivity contribution in [3.63, 3.8) is 0 Å². The molecular formula is C17H24N2O3. The first-order chi connectivity index (χ1) is 10.4. The van der Waals surface area contributed by atoms with E-state index in [1.165, 1.54) is 0 Å². The van der Waals surface area contributed by atoms with Gasteiger partial charge in [0.2, 0.25) is 0 Å². The summed E-state index contributed by atoms with van der Waals surface area (Å²) in [6.45, 7) is 6.39. The van der Waals surface area contributed by atoms with E-state index in [0.717, 1.165) is 5.56 Å². The van der Waals surface area contributed by atoms with E-state index in [1.54, 1.807) is 20.8 Å². The number of alkyl carbamates (subject to hydrolysis) is 1. The second kappa shape index (κ2) is 9.06. The van der Waals surface area contributed by atoms with Crippen LogP contribution in [0.2, 0.25) is 0 Å². The lowest BCUT2D eigenvalue weighted by Gasteiger charge is -2.22. The maximum Gasteiger partial charge on any atom is 0.407 e. The number of benzene rings is 1. The van der Waals surface area contributed by atoms with Crippen LogP contribution in [0.5, 0.6) is 0 Å². The zero-order valence-electron chi connectivity index (χ0n) is 13.5. The number of amides is 1. The average molecular weight is 304 g/mol. The van der Waals surface area contributed by atoms with Gasteiger partial charge in [-0.3, -0.25) is 0 Å². The van der Waals surface area contributed by atoms with Crippen LogP contribution >= 0.6 is 0 Å². The molecule has 5 heteroatoms. The fourth-order valence-electron chi connectivity index (χ4n) is 1.80. The zero-order valence-corrected chi connectivity index (χ0v) is 13.5. The smallest absolute Gasteiger partial charge is 0.407 e. The van der Waals surface area contributed by atoms with Gasteiger partial charge in [-0.2, -0.15) is 5.26 Å². The molecular weight excluding hydrogens is 280 g/mol. The largest absolute Gasteiger partial charge is 0.444 e. The number of carbonyl (C=O) groups excluding carboxylic acids is 1. The number of hydrogen-bond donors (Lipinski definition) is 1. The Morgan fingerprint density at radius 2 is 2.00 bits per heavy atom. The lowest BCUT2D eigenvalue weighted by molar-refractivity contribution is 0.0484. The maximum atomic E-state index is 11.7. The molecule has 1 rings (SSSR count). The van der Waals surface area contributed by atoms with E-state index in [9.17, 15) is 4.79 Å². The first-order valence-corrected chi connectivity index (χ1v) is 7.39. The third-order valence-corrected chi connectivity index (χ3v) is 2.78. The van der Waals surface area contributed by atoms with Gasteiger partial charge in [0.25, 0.3) is 0 Å². The summed E-state index contributed by atoms with van der Waals surface area (Å²) < 4.78 is 10.8. The predicted octanol–water partition coefficient (Wildman–Crippen LogP) is 3.40. The molecule has 0 aromatic heterocycles. The first kappa shape index (κ1) is 18.0. The Hall–Kier alpha value is -2.06. The summed E-state index contributed by atoms with van der Waals surface area (Å²) in [4.78, 5) is 11.7. The molecule has 5 nitrogen and oxygen atoms in total. The molecule has 120 valence electrons. The van der Waals surface area contributed by atoms with Crippen LogP contribution in [-0.2, 0) is 16.1 Å². The standard InChI is InChI=1S/C17H24N2O3/c1-17(2,3)22-16(20)19-15(9-11-18)10-12-21-13-14-7-5-4-6-8-14/h4-8,15H,9-10,12-13H2,1-3H3,(H,19,20)/t15-/m1/s1. The van der Waals surface area contributed by atoms with Crippen molar-refractivity contribution in [1.29, 1.82) is 5.26 Å². The molecule has 0 bridgehead atoms. The van der Waals surface area contributed by atoms with E-state index in [-0.39, 0.29) is 12.5 Å². The van der Waals surface area contributed by atoms with Crippen LogP contribution in [0, 0.1) is 11.3 Å². The number of carbonyl (C=O) groups is 1. The van der Waals surface area contributed by atoms with Gasteiger partial charge < -0.3 is 14.8 Å². The quantitative estimate of drug-likeness (QED) is 0.784. The van der Waals surface area contributed by atoms with Crippen LogP contribution in [0.3, 0.4) is 0 Å². The Balaban J connectivity index is 2.32. The van der Waals surface area contributed by atoms with Crippen LogP contribution in [0.15, 0.2) is 30.3 Å². The number of nitrogens with one attached hydrogen (secondary N) is 1. The molecule has 0 heterocycles. The molecule has 0 radical (unpaired) electrons. The third-order valence-electron chi connectivity index (χ3n) is 2.78. The lowest BCUT2D eigenvalue weighted by atomic mass is 10.1. The first-order valence-electron chi connectivity index (χ1n) is 7.39. The normalized spacial score (nSPS) is 12.3. The van der Waals surface area contributed by atoms with E-state index in [4.69, 9.17) is 14.7 Å². The van der Waals surface area contributed by atoms with Gasteiger partial charge in [-0.05, 0) is 32.8 Å². The second-order valence-electron chi connectivity index (χ2n) is 6.03. The molecule has 0 aliphatic rings. The molecule has 0 aliphatic carbocycles. The van der Waals surface area contributed by atoms with E-state index in [0.29, 0.717) is 19.6 Å². The fraction of sp³-hybridized carbons (Fsp3) is 0.529. The van der Waals surface area contributed by atoms with E-state index in [1.807, 2.05) is 30.3 Å². The zero-order chi connectivity index (χ0) is 16.4. The number of hydrogen-bond acceptors (Lipinski definition) is 4. The van der Waals surface area contributed by atoms with Crippen LogP contribution < -0.4 is 5.32 Å².